The highest BCUT2D eigenvalue weighted by Gasteiger charge is 2.38. The van der Waals surface area contributed by atoms with Gasteiger partial charge in [-0.2, -0.15) is 0 Å². The van der Waals surface area contributed by atoms with Crippen LogP contribution in [0.25, 0.3) is 0 Å². The van der Waals surface area contributed by atoms with Crippen LogP contribution in [0.1, 0.15) is 64.2 Å². The molecule has 1 N–H and O–H groups in total. The lowest BCUT2D eigenvalue weighted by molar-refractivity contribution is 0.0452. The summed E-state index contributed by atoms with van der Waals surface area (Å²) in [5.74, 6) is 0.457. The van der Waals surface area contributed by atoms with E-state index >= 15 is 0 Å². The number of hydrogen-bond acceptors (Lipinski definition) is 2. The monoisotopic (exact) mass is 247 g/mol. The van der Waals surface area contributed by atoms with E-state index in [0.717, 1.165) is 12.1 Å². The van der Waals surface area contributed by atoms with E-state index in [1.165, 1.54) is 57.8 Å². The normalized spacial score (nSPS) is 29.5. The summed E-state index contributed by atoms with van der Waals surface area (Å²) in [6.45, 7) is 0. The van der Waals surface area contributed by atoms with Gasteiger partial charge in [0, 0.05) is 12.6 Å². The van der Waals surface area contributed by atoms with Crippen LogP contribution in [0.2, 0.25) is 0 Å². The summed E-state index contributed by atoms with van der Waals surface area (Å²) < 4.78 is 0. The van der Waals surface area contributed by atoms with Crippen molar-refractivity contribution in [2.75, 3.05) is 0 Å². The van der Waals surface area contributed by atoms with Crippen LogP contribution in [0.15, 0.2) is 16.8 Å². The van der Waals surface area contributed by atoms with Crippen molar-refractivity contribution in [1.29, 1.82) is 0 Å². The number of nitrogens with zero attached hydrogens (tertiary/aromatic N) is 1. The highest BCUT2D eigenvalue weighted by molar-refractivity contribution is 5.65. The molecule has 2 aliphatic carbocycles. The zero-order chi connectivity index (χ0) is 12.4. The van der Waals surface area contributed by atoms with E-state index in [1.807, 2.05) is 6.21 Å². The van der Waals surface area contributed by atoms with Gasteiger partial charge in [0.25, 0.3) is 0 Å². The maximum absolute atomic E-state index is 10.4. The fraction of sp³-hybridized carbons (Fsp3) is 0.812. The minimum absolute atomic E-state index is 0.301. The van der Waals surface area contributed by atoms with Gasteiger partial charge < -0.3 is 5.11 Å². The third kappa shape index (κ3) is 2.40. The topological polar surface area (TPSA) is 32.6 Å². The van der Waals surface area contributed by atoms with Gasteiger partial charge in [0.1, 0.15) is 0 Å². The van der Waals surface area contributed by atoms with Gasteiger partial charge in [0.2, 0.25) is 0 Å². The SMILES string of the molecule is OC(C1=CCC=N1)C1CCC2(CCCCC2)CC1. The second-order valence-electron chi connectivity index (χ2n) is 6.52. The van der Waals surface area contributed by atoms with Gasteiger partial charge >= 0.3 is 0 Å². The largest absolute Gasteiger partial charge is 0.387 e. The van der Waals surface area contributed by atoms with Gasteiger partial charge in [-0.15, -0.1) is 0 Å². The molecule has 1 unspecified atom stereocenters. The summed E-state index contributed by atoms with van der Waals surface area (Å²) in [5, 5.41) is 10.4. The summed E-state index contributed by atoms with van der Waals surface area (Å²) in [5.41, 5.74) is 1.58. The average Bonchev–Trinajstić information content (AvgIpc) is 2.94. The summed E-state index contributed by atoms with van der Waals surface area (Å²) >= 11 is 0. The molecule has 0 radical (unpaired) electrons. The molecule has 0 aromatic carbocycles. The lowest BCUT2D eigenvalue weighted by atomic mass is 9.62. The summed E-state index contributed by atoms with van der Waals surface area (Å²) in [7, 11) is 0. The van der Waals surface area contributed by atoms with Crippen molar-refractivity contribution >= 4 is 6.21 Å². The van der Waals surface area contributed by atoms with Crippen LogP contribution in [-0.2, 0) is 0 Å². The number of aliphatic hydroxyl groups excluding tert-OH is 1. The third-order valence-electron chi connectivity index (χ3n) is 5.43. The van der Waals surface area contributed by atoms with Crippen LogP contribution in [0.5, 0.6) is 0 Å². The first-order chi connectivity index (χ1) is 8.79. The van der Waals surface area contributed by atoms with Crippen molar-refractivity contribution in [3.05, 3.63) is 11.8 Å². The van der Waals surface area contributed by atoms with E-state index in [0.29, 0.717) is 11.3 Å². The van der Waals surface area contributed by atoms with Crippen LogP contribution < -0.4 is 0 Å². The van der Waals surface area contributed by atoms with Crippen molar-refractivity contribution in [2.24, 2.45) is 16.3 Å². The first-order valence-corrected chi connectivity index (χ1v) is 7.70. The smallest absolute Gasteiger partial charge is 0.0984 e. The number of rotatable bonds is 2. The molecule has 1 aliphatic heterocycles. The highest BCUT2D eigenvalue weighted by atomic mass is 16.3. The highest BCUT2D eigenvalue weighted by Crippen LogP contribution is 2.49. The van der Waals surface area contributed by atoms with E-state index < -0.39 is 0 Å². The first-order valence-electron chi connectivity index (χ1n) is 7.70. The van der Waals surface area contributed by atoms with E-state index in [-0.39, 0.29) is 6.10 Å². The van der Waals surface area contributed by atoms with Crippen molar-refractivity contribution in [3.8, 4) is 0 Å². The number of aliphatic hydroxyl groups is 1. The molecule has 0 amide bonds. The molecular weight excluding hydrogens is 222 g/mol. The van der Waals surface area contributed by atoms with Crippen molar-refractivity contribution in [3.63, 3.8) is 0 Å². The van der Waals surface area contributed by atoms with Gasteiger partial charge in [-0.05, 0) is 49.9 Å². The zero-order valence-electron chi connectivity index (χ0n) is 11.3. The summed E-state index contributed by atoms with van der Waals surface area (Å²) in [6, 6.07) is 0. The minimum atomic E-state index is -0.301. The van der Waals surface area contributed by atoms with Crippen LogP contribution in [0.4, 0.5) is 0 Å². The Labute approximate surface area is 110 Å². The molecule has 3 rings (SSSR count). The Morgan fingerprint density at radius 2 is 1.83 bits per heavy atom. The van der Waals surface area contributed by atoms with E-state index in [2.05, 4.69) is 11.1 Å². The molecule has 3 aliphatic rings. The van der Waals surface area contributed by atoms with Crippen molar-refractivity contribution in [2.45, 2.75) is 70.3 Å². The molecular formula is C16H25NO. The van der Waals surface area contributed by atoms with Crippen LogP contribution in [0.3, 0.4) is 0 Å². The lowest BCUT2D eigenvalue weighted by Crippen LogP contribution is -2.34. The Morgan fingerprint density at radius 1 is 1.11 bits per heavy atom. The summed E-state index contributed by atoms with van der Waals surface area (Å²) in [6.07, 6.45) is 16.9. The fourth-order valence-corrected chi connectivity index (χ4v) is 4.19. The van der Waals surface area contributed by atoms with E-state index in [4.69, 9.17) is 0 Å². The Kier molecular flexibility index (Phi) is 3.56. The van der Waals surface area contributed by atoms with Gasteiger partial charge in [-0.25, -0.2) is 0 Å². The molecule has 0 bridgehead atoms. The molecule has 2 heteroatoms. The second-order valence-corrected chi connectivity index (χ2v) is 6.52. The molecule has 0 aromatic rings. The van der Waals surface area contributed by atoms with Crippen LogP contribution >= 0.6 is 0 Å². The second kappa shape index (κ2) is 5.16. The molecule has 2 nitrogen and oxygen atoms in total. The third-order valence-corrected chi connectivity index (χ3v) is 5.43. The molecule has 18 heavy (non-hydrogen) atoms. The first kappa shape index (κ1) is 12.4. The number of hydrogen-bond donors (Lipinski definition) is 1. The van der Waals surface area contributed by atoms with Crippen molar-refractivity contribution < 1.29 is 5.11 Å². The number of aliphatic imine (C=N–C) groups is 1. The standard InChI is InChI=1S/C16H25NO/c18-15(14-5-4-12-17-14)13-6-10-16(11-7-13)8-2-1-3-9-16/h5,12-13,15,18H,1-4,6-11H2. The summed E-state index contributed by atoms with van der Waals surface area (Å²) in [4.78, 5) is 4.30. The molecule has 1 heterocycles. The van der Waals surface area contributed by atoms with E-state index in [1.54, 1.807) is 0 Å². The molecule has 0 aromatic heterocycles. The van der Waals surface area contributed by atoms with Crippen LogP contribution in [0, 0.1) is 11.3 Å². The van der Waals surface area contributed by atoms with Crippen LogP contribution in [-0.4, -0.2) is 17.4 Å². The zero-order valence-corrected chi connectivity index (χ0v) is 11.3. The predicted molar refractivity (Wildman–Crippen MR) is 74.7 cm³/mol. The Morgan fingerprint density at radius 3 is 2.44 bits per heavy atom. The van der Waals surface area contributed by atoms with Gasteiger partial charge in [-0.3, -0.25) is 4.99 Å². The molecule has 2 saturated carbocycles. The van der Waals surface area contributed by atoms with Gasteiger partial charge in [0.15, 0.2) is 0 Å². The minimum Gasteiger partial charge on any atom is -0.387 e. The molecule has 1 spiro atoms. The van der Waals surface area contributed by atoms with E-state index in [9.17, 15) is 5.11 Å². The molecule has 100 valence electrons. The van der Waals surface area contributed by atoms with Gasteiger partial charge in [-0.1, -0.05) is 25.3 Å². The van der Waals surface area contributed by atoms with Gasteiger partial charge in [0.05, 0.1) is 11.8 Å². The Balaban J connectivity index is 1.57. The molecule has 2 fully saturated rings. The maximum atomic E-state index is 10.4. The predicted octanol–water partition coefficient (Wildman–Crippen LogP) is 3.85. The lowest BCUT2D eigenvalue weighted by Gasteiger charge is -2.44. The maximum Gasteiger partial charge on any atom is 0.0984 e. The molecule has 0 saturated heterocycles. The fourth-order valence-electron chi connectivity index (χ4n) is 4.19. The Bertz CT molecular complexity index is 342. The average molecular weight is 247 g/mol. The number of allylic oxidation sites excluding steroid dienone is 1. The quantitative estimate of drug-likeness (QED) is 0.790. The van der Waals surface area contributed by atoms with Crippen molar-refractivity contribution in [1.82, 2.24) is 0 Å². The molecule has 1 atom stereocenters. The Hall–Kier alpha value is -0.630.